The first-order valence-corrected chi connectivity index (χ1v) is 10.5. The highest BCUT2D eigenvalue weighted by atomic mass is 32.2. The molecule has 8 heteroatoms. The van der Waals surface area contributed by atoms with Crippen LogP contribution in [0.1, 0.15) is 23.2 Å². The van der Waals surface area contributed by atoms with Crippen LogP contribution in [0.15, 0.2) is 46.7 Å². The average molecular weight is 388 g/mol. The monoisotopic (exact) mass is 388 g/mol. The Morgan fingerprint density at radius 1 is 1.15 bits per heavy atom. The molecule has 1 saturated heterocycles. The summed E-state index contributed by atoms with van der Waals surface area (Å²) in [6.45, 7) is 1.00. The van der Waals surface area contributed by atoms with E-state index in [4.69, 9.17) is 0 Å². The van der Waals surface area contributed by atoms with E-state index in [0.29, 0.717) is 29.7 Å². The molecule has 2 aromatic heterocycles. The van der Waals surface area contributed by atoms with Crippen LogP contribution < -0.4 is 0 Å². The maximum absolute atomic E-state index is 12.8. The number of carboxylic acid groups (broad SMARTS) is 1. The number of thiophene rings is 1. The molecule has 1 N–H and O–H groups in total. The van der Waals surface area contributed by atoms with Gasteiger partial charge >= 0.3 is 5.97 Å². The second kappa shape index (κ2) is 6.46. The third-order valence-corrected chi connectivity index (χ3v) is 7.27. The van der Waals surface area contributed by atoms with E-state index in [9.17, 15) is 18.3 Å². The molecule has 6 nitrogen and oxygen atoms in total. The van der Waals surface area contributed by atoms with Crippen LogP contribution in [0.25, 0.3) is 21.5 Å². The Labute approximate surface area is 154 Å². The van der Waals surface area contributed by atoms with Crippen molar-refractivity contribution in [2.75, 3.05) is 13.1 Å². The fourth-order valence-electron chi connectivity index (χ4n) is 3.17. The first-order valence-electron chi connectivity index (χ1n) is 8.19. The first kappa shape index (κ1) is 17.1. The zero-order chi connectivity index (χ0) is 18.3. The number of nitrogens with zero attached hydrogens (tertiary/aromatic N) is 2. The minimum Gasteiger partial charge on any atom is -0.478 e. The molecule has 1 aliphatic heterocycles. The summed E-state index contributed by atoms with van der Waals surface area (Å²) in [6.07, 6.45) is 1.69. The van der Waals surface area contributed by atoms with Gasteiger partial charge in [0.05, 0.1) is 26.5 Å². The van der Waals surface area contributed by atoms with Crippen molar-refractivity contribution in [1.29, 1.82) is 0 Å². The topological polar surface area (TPSA) is 87.6 Å². The predicted molar refractivity (Wildman–Crippen MR) is 100 cm³/mol. The molecule has 134 valence electrons. The van der Waals surface area contributed by atoms with Crippen LogP contribution in [0.4, 0.5) is 0 Å². The number of pyridine rings is 1. The Kier molecular flexibility index (Phi) is 4.26. The summed E-state index contributed by atoms with van der Waals surface area (Å²) in [7, 11) is -3.61. The van der Waals surface area contributed by atoms with E-state index in [2.05, 4.69) is 4.98 Å². The van der Waals surface area contributed by atoms with Crippen molar-refractivity contribution in [3.05, 3.63) is 47.3 Å². The van der Waals surface area contributed by atoms with Crippen molar-refractivity contribution in [1.82, 2.24) is 9.29 Å². The molecule has 3 aromatic rings. The van der Waals surface area contributed by atoms with Gasteiger partial charge in [-0.2, -0.15) is 4.31 Å². The molecule has 0 unspecified atom stereocenters. The van der Waals surface area contributed by atoms with Gasteiger partial charge < -0.3 is 5.11 Å². The van der Waals surface area contributed by atoms with Crippen LogP contribution in [0.5, 0.6) is 0 Å². The Morgan fingerprint density at radius 2 is 1.92 bits per heavy atom. The summed E-state index contributed by atoms with van der Waals surface area (Å²) in [4.78, 5) is 17.3. The van der Waals surface area contributed by atoms with E-state index in [0.717, 1.165) is 17.7 Å². The lowest BCUT2D eigenvalue weighted by Gasteiger charge is -2.16. The van der Waals surface area contributed by atoms with Crippen molar-refractivity contribution >= 4 is 38.2 Å². The number of carbonyl (C=O) groups is 1. The largest absolute Gasteiger partial charge is 0.478 e. The van der Waals surface area contributed by atoms with Crippen LogP contribution in [0.2, 0.25) is 0 Å². The molecule has 0 radical (unpaired) electrons. The number of aromatic carboxylic acids is 1. The fourth-order valence-corrected chi connectivity index (χ4v) is 5.40. The Hall–Kier alpha value is -2.29. The molecular formula is C18H16N2O4S2. The second-order valence-corrected chi connectivity index (χ2v) is 9.01. The average Bonchev–Trinajstić information content (AvgIpc) is 3.33. The first-order chi connectivity index (χ1) is 12.5. The van der Waals surface area contributed by atoms with E-state index in [1.165, 1.54) is 33.8 Å². The summed E-state index contributed by atoms with van der Waals surface area (Å²) in [5.74, 6) is -1.11. The Bertz CT molecular complexity index is 1090. The molecule has 1 aliphatic rings. The highest BCUT2D eigenvalue weighted by Crippen LogP contribution is 2.30. The minimum atomic E-state index is -3.61. The highest BCUT2D eigenvalue weighted by Gasteiger charge is 2.28. The highest BCUT2D eigenvalue weighted by molar-refractivity contribution is 7.89. The van der Waals surface area contributed by atoms with Crippen LogP contribution in [0.3, 0.4) is 0 Å². The van der Waals surface area contributed by atoms with Crippen LogP contribution in [0, 0.1) is 0 Å². The van der Waals surface area contributed by atoms with Gasteiger partial charge in [0.25, 0.3) is 0 Å². The normalized spacial score (nSPS) is 15.5. The fraction of sp³-hybridized carbons (Fsp3) is 0.222. The maximum Gasteiger partial charge on any atom is 0.336 e. The third kappa shape index (κ3) is 2.90. The molecule has 0 amide bonds. The molecular weight excluding hydrogens is 372 g/mol. The number of rotatable bonds is 4. The van der Waals surface area contributed by atoms with Crippen LogP contribution in [-0.4, -0.2) is 41.9 Å². The predicted octanol–water partition coefficient (Wildman–Crippen LogP) is 3.45. The van der Waals surface area contributed by atoms with Gasteiger partial charge in [-0.3, -0.25) is 0 Å². The molecule has 1 fully saturated rings. The molecule has 0 bridgehead atoms. The van der Waals surface area contributed by atoms with Gasteiger partial charge in [-0.25, -0.2) is 18.2 Å². The lowest BCUT2D eigenvalue weighted by Crippen LogP contribution is -2.27. The van der Waals surface area contributed by atoms with Crippen LogP contribution in [-0.2, 0) is 10.0 Å². The van der Waals surface area contributed by atoms with Crippen molar-refractivity contribution in [2.24, 2.45) is 0 Å². The van der Waals surface area contributed by atoms with Gasteiger partial charge in [-0.05, 0) is 48.6 Å². The molecule has 0 aliphatic carbocycles. The number of benzene rings is 1. The van der Waals surface area contributed by atoms with Gasteiger partial charge in [-0.15, -0.1) is 11.3 Å². The van der Waals surface area contributed by atoms with Gasteiger partial charge in [0, 0.05) is 18.5 Å². The number of hydrogen-bond acceptors (Lipinski definition) is 5. The van der Waals surface area contributed by atoms with E-state index in [1.807, 2.05) is 17.5 Å². The minimum absolute atomic E-state index is 0.0527. The molecule has 3 heterocycles. The van der Waals surface area contributed by atoms with E-state index in [1.54, 1.807) is 6.07 Å². The smallest absolute Gasteiger partial charge is 0.336 e. The lowest BCUT2D eigenvalue weighted by atomic mass is 10.1. The van der Waals surface area contributed by atoms with Crippen molar-refractivity contribution < 1.29 is 18.3 Å². The number of hydrogen-bond donors (Lipinski definition) is 1. The summed E-state index contributed by atoms with van der Waals surface area (Å²) in [5, 5.41) is 11.9. The molecule has 0 spiro atoms. The van der Waals surface area contributed by atoms with Crippen LogP contribution >= 0.6 is 11.3 Å². The van der Waals surface area contributed by atoms with Gasteiger partial charge in [-0.1, -0.05) is 6.07 Å². The quantitative estimate of drug-likeness (QED) is 0.740. The molecule has 4 rings (SSSR count). The van der Waals surface area contributed by atoms with Crippen molar-refractivity contribution in [3.63, 3.8) is 0 Å². The standard InChI is InChI=1S/C18H16N2O4S2/c21-18(22)14-11-16(17-4-3-9-25-17)19-15-6-5-12(10-13(14)15)26(23,24)20-7-1-2-8-20/h3-6,9-11H,1-2,7-8H2,(H,21,22). The lowest BCUT2D eigenvalue weighted by molar-refractivity contribution is 0.0699. The molecule has 0 saturated carbocycles. The summed E-state index contributed by atoms with van der Waals surface area (Å²) in [6, 6.07) is 9.77. The number of aromatic nitrogens is 1. The summed E-state index contributed by atoms with van der Waals surface area (Å²) in [5.41, 5.74) is 1.09. The van der Waals surface area contributed by atoms with Gasteiger partial charge in [0.1, 0.15) is 0 Å². The van der Waals surface area contributed by atoms with Crippen molar-refractivity contribution in [3.8, 4) is 10.6 Å². The molecule has 1 aromatic carbocycles. The van der Waals surface area contributed by atoms with E-state index >= 15 is 0 Å². The molecule has 0 atom stereocenters. The number of fused-ring (bicyclic) bond motifs is 1. The summed E-state index contributed by atoms with van der Waals surface area (Å²) < 4.78 is 27.0. The van der Waals surface area contributed by atoms with E-state index in [-0.39, 0.29) is 10.5 Å². The van der Waals surface area contributed by atoms with Crippen molar-refractivity contribution in [2.45, 2.75) is 17.7 Å². The zero-order valence-electron chi connectivity index (χ0n) is 13.8. The van der Waals surface area contributed by atoms with E-state index < -0.39 is 16.0 Å². The number of sulfonamides is 1. The zero-order valence-corrected chi connectivity index (χ0v) is 15.4. The number of carboxylic acids is 1. The Balaban J connectivity index is 1.89. The maximum atomic E-state index is 12.8. The summed E-state index contributed by atoms with van der Waals surface area (Å²) >= 11 is 1.47. The third-order valence-electron chi connectivity index (χ3n) is 4.49. The SMILES string of the molecule is O=C(O)c1cc(-c2cccs2)nc2ccc(S(=O)(=O)N3CCCC3)cc12. The van der Waals surface area contributed by atoms with Gasteiger partial charge in [0.2, 0.25) is 10.0 Å². The second-order valence-electron chi connectivity index (χ2n) is 6.13. The molecule has 26 heavy (non-hydrogen) atoms. The van der Waals surface area contributed by atoms with Gasteiger partial charge in [0.15, 0.2) is 0 Å². The Morgan fingerprint density at radius 3 is 2.58 bits per heavy atom.